The van der Waals surface area contributed by atoms with Crippen LogP contribution in [0.1, 0.15) is 32.1 Å². The monoisotopic (exact) mass is 1090 g/mol. The number of nitrogens with one attached hydrogen (secondary N) is 5. The van der Waals surface area contributed by atoms with Crippen molar-refractivity contribution in [2.45, 2.75) is 37.6 Å². The normalized spacial score (nSPS) is 10.2. The molecule has 0 aliphatic carbocycles. The number of carbonyl (C=O) groups is 5. The summed E-state index contributed by atoms with van der Waals surface area (Å²) in [5.74, 6) is -3.13. The van der Waals surface area contributed by atoms with Crippen LogP contribution < -0.4 is 32.3 Å². The largest absolute Gasteiger partial charge is 0.528 e. The van der Waals surface area contributed by atoms with Crippen molar-refractivity contribution in [3.8, 4) is 0 Å². The van der Waals surface area contributed by atoms with Gasteiger partial charge >= 0.3 is 5.97 Å². The van der Waals surface area contributed by atoms with Crippen molar-refractivity contribution in [2.75, 3.05) is 65.8 Å². The Morgan fingerprint density at radius 1 is 0.643 bits per heavy atom. The second kappa shape index (κ2) is 25.4. The van der Waals surface area contributed by atoms with Crippen LogP contribution in [0, 0.1) is 0 Å². The molecule has 0 aromatic carbocycles. The van der Waals surface area contributed by atoms with E-state index in [1.54, 1.807) is 0 Å². The van der Waals surface area contributed by atoms with Gasteiger partial charge in [0.25, 0.3) is 0 Å². The Morgan fingerprint density at radius 2 is 1.07 bits per heavy atom. The van der Waals surface area contributed by atoms with Gasteiger partial charge in [-0.2, -0.15) is 12.8 Å². The number of rotatable bonds is 27. The van der Waals surface area contributed by atoms with E-state index in [0.717, 1.165) is 0 Å². The zero-order valence-corrected chi connectivity index (χ0v) is 27.6. The number of carboxylic acids is 1. The molecule has 0 bridgehead atoms. The first-order chi connectivity index (χ1) is 19.1. The van der Waals surface area contributed by atoms with Gasteiger partial charge in [-0.3, -0.25) is 24.0 Å². The van der Waals surface area contributed by atoms with Crippen molar-refractivity contribution in [1.82, 2.24) is 26.6 Å². The van der Waals surface area contributed by atoms with E-state index in [0.29, 0.717) is 0 Å². The summed E-state index contributed by atoms with van der Waals surface area (Å²) in [7, 11) is 0. The molecule has 0 unspecified atom stereocenters. The van der Waals surface area contributed by atoms with Crippen molar-refractivity contribution in [3.05, 3.63) is 0 Å². The van der Waals surface area contributed by atoms with Crippen LogP contribution >= 0.6 is 0 Å². The number of carbonyl (C=O) groups excluding carboxylic acids is 6. The average Bonchev–Trinajstić information content (AvgIpc) is 2.91. The van der Waals surface area contributed by atoms with Gasteiger partial charge in [-0.05, 0) is 0 Å². The molecule has 0 radical (unpaired) electrons. The van der Waals surface area contributed by atoms with Crippen molar-refractivity contribution < 1.29 is 52.9 Å². The molecular weight excluding hydrogens is 1050 g/mol. The van der Waals surface area contributed by atoms with Crippen LogP contribution in [-0.2, 0) is 47.8 Å². The molecule has 0 spiro atoms. The van der Waals surface area contributed by atoms with Gasteiger partial charge in [0.05, 0.1) is 46.1 Å². The summed E-state index contributed by atoms with van der Waals surface area (Å²) in [6.07, 6.45) is 1.99. The predicted molar refractivity (Wildman–Crippen MR) is 137 cm³/mol. The molecule has 6 amide bonds. The van der Waals surface area contributed by atoms with Crippen LogP contribution in [-0.4, -0.2) is 119 Å². The summed E-state index contributed by atoms with van der Waals surface area (Å²) in [6.45, 7) is -0.0951. The minimum atomic E-state index is -1.37. The molecule has 0 aromatic rings. The fourth-order valence-corrected chi connectivity index (χ4v) is 2.92. The Balaban J connectivity index is -0.00000760. The van der Waals surface area contributed by atoms with Crippen molar-refractivity contribution in [3.63, 3.8) is 0 Å². The molecule has 0 aromatic heterocycles. The van der Waals surface area contributed by atoms with Crippen LogP contribution in [0.3, 0.4) is 0 Å². The number of hydrogen-bond donors (Lipinski definition) is 7. The number of amides is 6. The Hall–Kier alpha value is -5.83. The Bertz CT molecular complexity index is 788. The first kappa shape index (κ1) is 40.7. The van der Waals surface area contributed by atoms with Gasteiger partial charge in [-0.15, -0.1) is 0 Å². The molecule has 0 aliphatic rings. The van der Waals surface area contributed by atoms with Crippen LogP contribution in [0.5, 0.6) is 0 Å². The fraction of sp³-hybridized carbons (Fsp3) is 0.696. The smallest absolute Gasteiger partial charge is 0.303 e. The Kier molecular flexibility index (Phi) is 24.6. The van der Waals surface area contributed by atoms with E-state index in [2.05, 4.69) is 26.6 Å². The molecule has 0 saturated carbocycles. The molecule has 0 saturated heterocycles. The number of ether oxygens (including phenoxy) is 3. The number of primary amides is 1. The number of hydrogen-bond acceptors (Lipinski definition) is 10. The van der Waals surface area contributed by atoms with Gasteiger partial charge in [-0.1, -0.05) is 0 Å². The Morgan fingerprint density at radius 3 is 1.45 bits per heavy atom. The maximum atomic E-state index is 12.5. The molecule has 0 atom stereocenters. The summed E-state index contributed by atoms with van der Waals surface area (Å²) in [4.78, 5) is 78.6. The van der Waals surface area contributed by atoms with Crippen molar-refractivity contribution >= 4 is 42.4 Å². The zero-order chi connectivity index (χ0) is 30.1. The summed E-state index contributed by atoms with van der Waals surface area (Å²) >= 11 is 0. The van der Waals surface area contributed by atoms with Crippen molar-refractivity contribution in [2.24, 2.45) is 5.73 Å². The summed E-state index contributed by atoms with van der Waals surface area (Å²) in [5, 5.41) is 21.2. The molecule has 42 heavy (non-hydrogen) atoms. The van der Waals surface area contributed by atoms with Crippen LogP contribution in [0.4, 0.5) is 0 Å². The van der Waals surface area contributed by atoms with Crippen LogP contribution in [0.15, 0.2) is 0 Å². The molecule has 0 fully saturated rings. The first-order valence-corrected chi connectivity index (χ1v) is 12.4. The summed E-state index contributed by atoms with van der Waals surface area (Å²) in [5.41, 5.74) is 3.76. The van der Waals surface area contributed by atoms with E-state index >= 15 is 0 Å². The molecule has 19 heteroatoms. The van der Waals surface area contributed by atoms with Crippen LogP contribution in [0.2, 0.25) is 0 Å². The third-order valence-electron chi connectivity index (χ3n) is 4.83. The van der Waals surface area contributed by atoms with Gasteiger partial charge < -0.3 is 61.2 Å². The standard InChI is InChI=1S/C23H38N6O11.2Fm/c24-18(32)3-10-38-13-23(29-21(35)1-2-22(36)37,14-39-11-4-19(33)27-8-6-25-16-30)15-40-12-5-20(34)28-9-7-26-17-31;;/h1-15H2,(H2,24,32)(H,25,30)(H,26,31)(H,27,33)(H,28,34)(H,29,35)(H,36,37);;/q-2;;. The number of carboxylic acid groups (broad SMARTS) is 1. The topological polar surface area (TPSA) is 254 Å². The average molecular weight is 1090 g/mol. The van der Waals surface area contributed by atoms with Crippen LogP contribution in [0.25, 0.3) is 0 Å². The third kappa shape index (κ3) is 23.3. The van der Waals surface area contributed by atoms with Gasteiger partial charge in [0.15, 0.2) is 0 Å². The third-order valence-corrected chi connectivity index (χ3v) is 4.83. The summed E-state index contributed by atoms with van der Waals surface area (Å²) < 4.78 is 16.8. The molecule has 0 aliphatic heterocycles. The zero-order valence-electron chi connectivity index (χ0n) is 22.8. The van der Waals surface area contributed by atoms with E-state index < -0.39 is 29.7 Å². The number of aliphatic carboxylic acids is 1. The van der Waals surface area contributed by atoms with E-state index in [-0.39, 0.29) is 103 Å². The Labute approximate surface area is 231 Å². The molecule has 8 N–H and O–H groups in total. The second-order valence-corrected chi connectivity index (χ2v) is 8.35. The molecule has 17 nitrogen and oxygen atoms in total. The van der Waals surface area contributed by atoms with Gasteiger partial charge in [0, 0.05) is 51.9 Å². The van der Waals surface area contributed by atoms with Gasteiger partial charge in [0.2, 0.25) is 23.6 Å². The maximum absolute atomic E-state index is 12.5. The first-order valence-electron chi connectivity index (χ1n) is 12.4. The second-order valence-electron chi connectivity index (χ2n) is 8.35. The number of nitrogens with two attached hydrogens (primary N) is 1. The fourth-order valence-electron chi connectivity index (χ4n) is 2.92. The molecule has 0 rings (SSSR count). The SMILES string of the molecule is NC(=O)CCOCC(COCCC(=O)NCCN[C-]=O)(COCCC(=O)NCCN[C-]=O)NC(=O)CCC(=O)O.[Fm].[Fm]. The quantitative estimate of drug-likeness (QED) is 0.0237. The predicted octanol–water partition coefficient (Wildman–Crippen LogP) is -4.04. The minimum absolute atomic E-state index is 0. The van der Waals surface area contributed by atoms with E-state index in [9.17, 15) is 33.6 Å². The van der Waals surface area contributed by atoms with Gasteiger partial charge in [-0.25, -0.2) is 0 Å². The van der Waals surface area contributed by atoms with Gasteiger partial charge in [0.1, 0.15) is 5.54 Å². The van der Waals surface area contributed by atoms with E-state index in [1.165, 1.54) is 12.8 Å². The molecule has 0 heterocycles. The maximum Gasteiger partial charge on any atom is 0.303 e. The van der Waals surface area contributed by atoms with E-state index in [4.69, 9.17) is 25.1 Å². The summed E-state index contributed by atoms with van der Waals surface area (Å²) in [6, 6.07) is 0. The molecule has 252 valence electrons. The van der Waals surface area contributed by atoms with E-state index in [1.807, 2.05) is 0 Å². The molecular formula is C23H38Fm2N6O11-2. The minimum Gasteiger partial charge on any atom is -0.528 e. The van der Waals surface area contributed by atoms with Crippen molar-refractivity contribution in [1.29, 1.82) is 0 Å².